The van der Waals surface area contributed by atoms with Crippen LogP contribution in [0, 0.1) is 0 Å². The van der Waals surface area contributed by atoms with Crippen LogP contribution in [-0.4, -0.2) is 68.5 Å². The number of para-hydroxylation sites is 3. The molecule has 37 heavy (non-hydrogen) atoms. The molecule has 4 rings (SSSR count). The first-order valence-corrected chi connectivity index (χ1v) is 13.8. The Morgan fingerprint density at radius 3 is 2.43 bits per heavy atom. The third-order valence-electron chi connectivity index (χ3n) is 6.39. The Hall–Kier alpha value is -3.77. The van der Waals surface area contributed by atoms with Gasteiger partial charge in [0.1, 0.15) is 17.5 Å². The number of amides is 3. The Balaban J connectivity index is 1.85. The van der Waals surface area contributed by atoms with Crippen molar-refractivity contribution in [3.63, 3.8) is 0 Å². The molecular formula is C25H29N5O6S. The molecule has 196 valence electrons. The number of aromatic nitrogens is 1. The zero-order chi connectivity index (χ0) is 26.9. The fourth-order valence-electron chi connectivity index (χ4n) is 4.37. The summed E-state index contributed by atoms with van der Waals surface area (Å²) in [6.45, 7) is 3.25. The number of anilines is 2. The van der Waals surface area contributed by atoms with Gasteiger partial charge in [-0.05, 0) is 45.2 Å². The van der Waals surface area contributed by atoms with Gasteiger partial charge in [-0.1, -0.05) is 29.4 Å². The first kappa shape index (κ1) is 26.3. The van der Waals surface area contributed by atoms with Crippen LogP contribution in [-0.2, 0) is 30.8 Å². The smallest absolute Gasteiger partial charge is 0.252 e. The van der Waals surface area contributed by atoms with Crippen LogP contribution in [0.2, 0.25) is 0 Å². The van der Waals surface area contributed by atoms with Crippen LogP contribution in [0.5, 0.6) is 0 Å². The monoisotopic (exact) mass is 527 g/mol. The average molecular weight is 528 g/mol. The number of nitrogens with zero attached hydrogens (tertiary/aromatic N) is 3. The molecular weight excluding hydrogens is 498 g/mol. The van der Waals surface area contributed by atoms with E-state index in [9.17, 15) is 22.8 Å². The molecule has 0 saturated heterocycles. The third-order valence-corrected chi connectivity index (χ3v) is 7.16. The second-order valence-corrected chi connectivity index (χ2v) is 11.2. The van der Waals surface area contributed by atoms with E-state index in [4.69, 9.17) is 4.52 Å². The number of carbonyl (C=O) groups is 3. The maximum absolute atomic E-state index is 14.1. The number of benzene rings is 2. The Kier molecular flexibility index (Phi) is 7.32. The second-order valence-electron chi connectivity index (χ2n) is 9.11. The van der Waals surface area contributed by atoms with Crippen LogP contribution < -0.4 is 20.4 Å². The minimum atomic E-state index is -3.67. The van der Waals surface area contributed by atoms with Crippen LogP contribution >= 0.6 is 0 Å². The Morgan fingerprint density at radius 1 is 1.11 bits per heavy atom. The van der Waals surface area contributed by atoms with Gasteiger partial charge in [-0.2, -0.15) is 0 Å². The highest BCUT2D eigenvalue weighted by Gasteiger charge is 2.43. The first-order valence-electron chi connectivity index (χ1n) is 11.7. The van der Waals surface area contributed by atoms with Gasteiger partial charge >= 0.3 is 0 Å². The summed E-state index contributed by atoms with van der Waals surface area (Å²) in [5.41, 5.74) is 1.78. The number of sulfone groups is 1. The van der Waals surface area contributed by atoms with Gasteiger partial charge in [0.25, 0.3) is 5.91 Å². The molecule has 0 saturated carbocycles. The van der Waals surface area contributed by atoms with Crippen molar-refractivity contribution in [3.8, 4) is 0 Å². The van der Waals surface area contributed by atoms with E-state index in [2.05, 4.69) is 15.8 Å². The van der Waals surface area contributed by atoms with Crippen LogP contribution in [0.1, 0.15) is 19.5 Å². The maximum atomic E-state index is 14.1. The van der Waals surface area contributed by atoms with E-state index in [0.717, 1.165) is 11.6 Å². The van der Waals surface area contributed by atoms with Gasteiger partial charge in [0.05, 0.1) is 30.0 Å². The quantitative estimate of drug-likeness (QED) is 0.467. The molecule has 3 aromatic rings. The Bertz CT molecular complexity index is 1450. The lowest BCUT2D eigenvalue weighted by atomic mass is 10.1. The predicted octanol–water partition coefficient (Wildman–Crippen LogP) is 1.23. The molecule has 1 aromatic heterocycles. The summed E-state index contributed by atoms with van der Waals surface area (Å²) in [4.78, 5) is 43.0. The van der Waals surface area contributed by atoms with Crippen molar-refractivity contribution >= 4 is 49.9 Å². The summed E-state index contributed by atoms with van der Waals surface area (Å²) in [6.07, 6.45) is 0.973. The van der Waals surface area contributed by atoms with E-state index in [0.29, 0.717) is 22.7 Å². The van der Waals surface area contributed by atoms with E-state index in [1.54, 1.807) is 51.2 Å². The molecule has 3 atom stereocenters. The zero-order valence-electron chi connectivity index (χ0n) is 21.0. The third kappa shape index (κ3) is 5.35. The summed E-state index contributed by atoms with van der Waals surface area (Å²) < 4.78 is 29.5. The molecule has 2 heterocycles. The molecule has 12 heteroatoms. The second kappa shape index (κ2) is 10.3. The Morgan fingerprint density at radius 2 is 1.76 bits per heavy atom. The largest absolute Gasteiger partial charge is 0.356 e. The van der Waals surface area contributed by atoms with Gasteiger partial charge < -0.3 is 25.0 Å². The van der Waals surface area contributed by atoms with Crippen molar-refractivity contribution in [1.82, 2.24) is 15.8 Å². The van der Waals surface area contributed by atoms with E-state index in [1.807, 2.05) is 18.2 Å². The molecule has 2 N–H and O–H groups in total. The van der Waals surface area contributed by atoms with E-state index in [1.165, 1.54) is 9.80 Å². The van der Waals surface area contributed by atoms with Crippen LogP contribution in [0.25, 0.3) is 11.0 Å². The summed E-state index contributed by atoms with van der Waals surface area (Å²) in [5.74, 6) is -2.37. The molecule has 1 unspecified atom stereocenters. The van der Waals surface area contributed by atoms with Crippen molar-refractivity contribution in [1.29, 1.82) is 0 Å². The maximum Gasteiger partial charge on any atom is 0.252 e. The lowest BCUT2D eigenvalue weighted by molar-refractivity contribution is -0.129. The molecule has 1 aliphatic rings. The highest BCUT2D eigenvalue weighted by atomic mass is 32.2. The number of carbonyl (C=O) groups excluding carboxylic acids is 3. The fourth-order valence-corrected chi connectivity index (χ4v) is 4.96. The van der Waals surface area contributed by atoms with Crippen molar-refractivity contribution in [3.05, 3.63) is 54.2 Å². The summed E-state index contributed by atoms with van der Waals surface area (Å²) >= 11 is 0. The van der Waals surface area contributed by atoms with Gasteiger partial charge in [0, 0.05) is 11.6 Å². The van der Waals surface area contributed by atoms with Crippen molar-refractivity contribution in [2.45, 2.75) is 38.5 Å². The molecule has 0 fully saturated rings. The minimum Gasteiger partial charge on any atom is -0.356 e. The van der Waals surface area contributed by atoms with Crippen molar-refractivity contribution < 1.29 is 27.3 Å². The number of likely N-dealkylation sites (N-methyl/N-ethyl adjacent to an activating group) is 1. The molecule has 0 aliphatic carbocycles. The molecule has 1 aliphatic heterocycles. The van der Waals surface area contributed by atoms with Gasteiger partial charge in [-0.25, -0.2) is 8.42 Å². The lowest BCUT2D eigenvalue weighted by Crippen LogP contribution is -2.60. The SMILES string of the molecule is CNC(C)C(=O)N[C@@H]1C(=O)N(Cc2noc3ccccc23)c2ccccc2N(C(=O)CS(C)(=O)=O)[C@H]1C. The van der Waals surface area contributed by atoms with Gasteiger partial charge in [-0.3, -0.25) is 14.4 Å². The zero-order valence-corrected chi connectivity index (χ0v) is 21.8. The molecule has 11 nitrogen and oxygen atoms in total. The van der Waals surface area contributed by atoms with Gasteiger partial charge in [0.2, 0.25) is 11.8 Å². The Labute approximate surface area is 214 Å². The van der Waals surface area contributed by atoms with E-state index < -0.39 is 51.4 Å². The van der Waals surface area contributed by atoms with Crippen LogP contribution in [0.3, 0.4) is 0 Å². The number of nitrogens with one attached hydrogen (secondary N) is 2. The average Bonchev–Trinajstić information content (AvgIpc) is 3.23. The van der Waals surface area contributed by atoms with Gasteiger partial charge in [0.15, 0.2) is 15.4 Å². The van der Waals surface area contributed by atoms with Crippen LogP contribution in [0.15, 0.2) is 53.1 Å². The topological polar surface area (TPSA) is 142 Å². The van der Waals surface area contributed by atoms with E-state index in [-0.39, 0.29) is 6.54 Å². The van der Waals surface area contributed by atoms with E-state index >= 15 is 0 Å². The highest BCUT2D eigenvalue weighted by molar-refractivity contribution is 7.91. The highest BCUT2D eigenvalue weighted by Crippen LogP contribution is 2.37. The first-order chi connectivity index (χ1) is 17.5. The molecule has 0 radical (unpaired) electrons. The van der Waals surface area contributed by atoms with Crippen LogP contribution in [0.4, 0.5) is 11.4 Å². The predicted molar refractivity (Wildman–Crippen MR) is 139 cm³/mol. The van der Waals surface area contributed by atoms with Crippen molar-refractivity contribution in [2.75, 3.05) is 28.9 Å². The summed E-state index contributed by atoms with van der Waals surface area (Å²) in [6, 6.07) is 11.3. The van der Waals surface area contributed by atoms with Crippen molar-refractivity contribution in [2.24, 2.45) is 0 Å². The number of hydrogen-bond acceptors (Lipinski definition) is 8. The molecule has 2 aromatic carbocycles. The lowest BCUT2D eigenvalue weighted by Gasteiger charge is -2.32. The number of hydrogen-bond donors (Lipinski definition) is 2. The molecule has 0 bridgehead atoms. The standard InChI is InChI=1S/C25H29N5O6S/c1-15(26-3)24(32)27-23-16(2)30(22(31)14-37(4,34)35)20-11-7-6-10-19(20)29(25(23)33)13-18-17-9-5-8-12-21(17)36-28-18/h5-12,15-16,23,26H,13-14H2,1-4H3,(H,27,32)/t15?,16-,23-/m0/s1. The summed E-state index contributed by atoms with van der Waals surface area (Å²) in [5, 5.41) is 10.5. The normalized spacial score (nSPS) is 18.9. The molecule has 3 amide bonds. The summed E-state index contributed by atoms with van der Waals surface area (Å²) in [7, 11) is -2.06. The number of fused-ring (bicyclic) bond motifs is 2. The fraction of sp³-hybridized carbons (Fsp3) is 0.360. The minimum absolute atomic E-state index is 0.00163. The number of rotatable bonds is 7. The molecule has 0 spiro atoms. The van der Waals surface area contributed by atoms with Gasteiger partial charge in [-0.15, -0.1) is 0 Å².